The van der Waals surface area contributed by atoms with Gasteiger partial charge in [0.05, 0.1) is 18.5 Å². The summed E-state index contributed by atoms with van der Waals surface area (Å²) in [6.45, 7) is 2.31. The Bertz CT molecular complexity index is 1050. The maximum Gasteiger partial charge on any atom is 0.254 e. The molecule has 1 heterocycles. The summed E-state index contributed by atoms with van der Waals surface area (Å²) in [4.78, 5) is 26.5. The molecular weight excluding hydrogens is 390 g/mol. The molecule has 0 aromatic heterocycles. The van der Waals surface area contributed by atoms with Gasteiger partial charge in [0.1, 0.15) is 0 Å². The van der Waals surface area contributed by atoms with Gasteiger partial charge in [-0.2, -0.15) is 0 Å². The number of aryl methyl sites for hydroxylation is 1. The number of anilines is 2. The standard InChI is InChI=1S/C21H25N3O4S/c1-4-15-7-5-6-8-18(15)22-20(25)14-23(2)21(26)17-9-10-19-16(13-17)11-12-24(19)29(3,27)28/h5-10,13H,4,11-12,14H2,1-3H3,(H,22,25). The first-order valence-corrected chi connectivity index (χ1v) is 11.3. The van der Waals surface area contributed by atoms with E-state index in [1.807, 2.05) is 31.2 Å². The predicted octanol–water partition coefficient (Wildman–Crippen LogP) is 2.28. The number of rotatable bonds is 6. The number of amides is 2. The topological polar surface area (TPSA) is 86.8 Å². The van der Waals surface area contributed by atoms with Crippen LogP contribution in [-0.4, -0.2) is 51.5 Å². The summed E-state index contributed by atoms with van der Waals surface area (Å²) in [6, 6.07) is 12.5. The lowest BCUT2D eigenvalue weighted by Gasteiger charge is -2.19. The maximum atomic E-state index is 12.7. The molecule has 0 aliphatic carbocycles. The van der Waals surface area contributed by atoms with Crippen LogP contribution in [0.5, 0.6) is 0 Å². The number of para-hydroxylation sites is 1. The van der Waals surface area contributed by atoms with Crippen LogP contribution in [0, 0.1) is 0 Å². The van der Waals surface area contributed by atoms with Crippen LogP contribution >= 0.6 is 0 Å². The van der Waals surface area contributed by atoms with Crippen LogP contribution in [0.15, 0.2) is 42.5 Å². The molecule has 3 rings (SSSR count). The number of likely N-dealkylation sites (N-methyl/N-ethyl adjacent to an activating group) is 1. The first-order valence-electron chi connectivity index (χ1n) is 9.44. The Kier molecular flexibility index (Phi) is 5.93. The van der Waals surface area contributed by atoms with Crippen molar-refractivity contribution in [1.82, 2.24) is 4.90 Å². The lowest BCUT2D eigenvalue weighted by molar-refractivity contribution is -0.116. The fraction of sp³-hybridized carbons (Fsp3) is 0.333. The smallest absolute Gasteiger partial charge is 0.254 e. The Morgan fingerprint density at radius 3 is 2.59 bits per heavy atom. The molecule has 0 atom stereocenters. The van der Waals surface area contributed by atoms with Crippen LogP contribution in [-0.2, 0) is 27.7 Å². The lowest BCUT2D eigenvalue weighted by Crippen LogP contribution is -2.35. The van der Waals surface area contributed by atoms with Crippen molar-refractivity contribution in [3.8, 4) is 0 Å². The van der Waals surface area contributed by atoms with Crippen molar-refractivity contribution in [2.45, 2.75) is 19.8 Å². The Morgan fingerprint density at radius 2 is 1.90 bits per heavy atom. The van der Waals surface area contributed by atoms with Gasteiger partial charge in [-0.1, -0.05) is 25.1 Å². The summed E-state index contributed by atoms with van der Waals surface area (Å²) in [6.07, 6.45) is 2.52. The molecule has 2 aromatic rings. The molecule has 29 heavy (non-hydrogen) atoms. The number of benzene rings is 2. The molecule has 0 saturated carbocycles. The fourth-order valence-corrected chi connectivity index (χ4v) is 4.46. The van der Waals surface area contributed by atoms with Crippen molar-refractivity contribution < 1.29 is 18.0 Å². The summed E-state index contributed by atoms with van der Waals surface area (Å²) in [7, 11) is -1.76. The highest BCUT2D eigenvalue weighted by molar-refractivity contribution is 7.92. The van der Waals surface area contributed by atoms with Gasteiger partial charge in [-0.25, -0.2) is 8.42 Å². The molecule has 8 heteroatoms. The molecule has 0 spiro atoms. The first-order chi connectivity index (χ1) is 13.7. The average molecular weight is 416 g/mol. The van der Waals surface area contributed by atoms with E-state index in [2.05, 4.69) is 5.32 Å². The quantitative estimate of drug-likeness (QED) is 0.784. The molecule has 154 valence electrons. The highest BCUT2D eigenvalue weighted by Crippen LogP contribution is 2.31. The van der Waals surface area contributed by atoms with Crippen molar-refractivity contribution in [2.75, 3.05) is 36.0 Å². The van der Waals surface area contributed by atoms with E-state index in [0.29, 0.717) is 24.2 Å². The second kappa shape index (κ2) is 8.24. The SMILES string of the molecule is CCc1ccccc1NC(=O)CN(C)C(=O)c1ccc2c(c1)CCN2S(C)(=O)=O. The van der Waals surface area contributed by atoms with E-state index < -0.39 is 10.0 Å². The van der Waals surface area contributed by atoms with Crippen molar-refractivity contribution in [2.24, 2.45) is 0 Å². The van der Waals surface area contributed by atoms with Gasteiger partial charge in [-0.05, 0) is 48.2 Å². The van der Waals surface area contributed by atoms with Crippen LogP contribution in [0.3, 0.4) is 0 Å². The van der Waals surface area contributed by atoms with Gasteiger partial charge in [0.2, 0.25) is 15.9 Å². The van der Waals surface area contributed by atoms with Crippen molar-refractivity contribution >= 4 is 33.2 Å². The third-order valence-electron chi connectivity index (χ3n) is 4.98. The average Bonchev–Trinajstić information content (AvgIpc) is 3.11. The van der Waals surface area contributed by atoms with Crippen LogP contribution in [0.4, 0.5) is 11.4 Å². The highest BCUT2D eigenvalue weighted by atomic mass is 32.2. The summed E-state index contributed by atoms with van der Waals surface area (Å²) >= 11 is 0. The number of carbonyl (C=O) groups excluding carboxylic acids is 2. The Morgan fingerprint density at radius 1 is 1.17 bits per heavy atom. The van der Waals surface area contributed by atoms with Gasteiger partial charge < -0.3 is 10.2 Å². The number of hydrogen-bond donors (Lipinski definition) is 1. The van der Waals surface area contributed by atoms with Gasteiger partial charge in [0.25, 0.3) is 5.91 Å². The summed E-state index contributed by atoms with van der Waals surface area (Å²) in [5.41, 5.74) is 3.64. The molecule has 2 amide bonds. The normalized spacial score (nSPS) is 13.1. The number of carbonyl (C=O) groups is 2. The van der Waals surface area contributed by atoms with Gasteiger partial charge >= 0.3 is 0 Å². The minimum Gasteiger partial charge on any atom is -0.332 e. The zero-order valence-electron chi connectivity index (χ0n) is 16.8. The second-order valence-corrected chi connectivity index (χ2v) is 9.06. The molecule has 1 aliphatic rings. The Hall–Kier alpha value is -2.87. The largest absolute Gasteiger partial charge is 0.332 e. The van der Waals surface area contributed by atoms with Crippen LogP contribution < -0.4 is 9.62 Å². The number of nitrogens with zero attached hydrogens (tertiary/aromatic N) is 2. The third kappa shape index (κ3) is 4.59. The molecule has 0 unspecified atom stereocenters. The fourth-order valence-electron chi connectivity index (χ4n) is 3.50. The third-order valence-corrected chi connectivity index (χ3v) is 6.16. The maximum absolute atomic E-state index is 12.7. The number of hydrogen-bond acceptors (Lipinski definition) is 4. The summed E-state index contributed by atoms with van der Waals surface area (Å²) in [5.74, 6) is -0.560. The van der Waals surface area contributed by atoms with Gasteiger partial charge in [-0.15, -0.1) is 0 Å². The molecular formula is C21H25N3O4S. The summed E-state index contributed by atoms with van der Waals surface area (Å²) in [5, 5.41) is 2.86. The number of sulfonamides is 1. The summed E-state index contributed by atoms with van der Waals surface area (Å²) < 4.78 is 25.0. The van der Waals surface area contributed by atoms with E-state index in [-0.39, 0.29) is 18.4 Å². The molecule has 0 radical (unpaired) electrons. The van der Waals surface area contributed by atoms with Crippen molar-refractivity contribution in [1.29, 1.82) is 0 Å². The molecule has 0 bridgehead atoms. The van der Waals surface area contributed by atoms with E-state index in [1.54, 1.807) is 25.2 Å². The minimum absolute atomic E-state index is 0.0799. The van der Waals surface area contributed by atoms with Gasteiger partial charge in [-0.3, -0.25) is 13.9 Å². The molecule has 1 N–H and O–H groups in total. The molecule has 0 saturated heterocycles. The van der Waals surface area contributed by atoms with Crippen LogP contribution in [0.2, 0.25) is 0 Å². The van der Waals surface area contributed by atoms with E-state index in [0.717, 1.165) is 23.2 Å². The molecule has 1 aliphatic heterocycles. The second-order valence-electron chi connectivity index (χ2n) is 7.15. The molecule has 7 nitrogen and oxygen atoms in total. The Labute approximate surface area is 171 Å². The monoisotopic (exact) mass is 415 g/mol. The van der Waals surface area contributed by atoms with E-state index in [4.69, 9.17) is 0 Å². The Balaban J connectivity index is 1.68. The van der Waals surface area contributed by atoms with Crippen molar-refractivity contribution in [3.63, 3.8) is 0 Å². The number of fused-ring (bicyclic) bond motifs is 1. The van der Waals surface area contributed by atoms with Gasteiger partial charge in [0, 0.05) is 24.8 Å². The predicted molar refractivity (Wildman–Crippen MR) is 114 cm³/mol. The zero-order chi connectivity index (χ0) is 21.2. The first kappa shape index (κ1) is 20.9. The van der Waals surface area contributed by atoms with E-state index in [9.17, 15) is 18.0 Å². The molecule has 2 aromatic carbocycles. The highest BCUT2D eigenvalue weighted by Gasteiger charge is 2.27. The minimum atomic E-state index is -3.33. The van der Waals surface area contributed by atoms with Gasteiger partial charge in [0.15, 0.2) is 0 Å². The lowest BCUT2D eigenvalue weighted by atomic mass is 10.1. The van der Waals surface area contributed by atoms with E-state index >= 15 is 0 Å². The zero-order valence-corrected chi connectivity index (χ0v) is 17.6. The van der Waals surface area contributed by atoms with E-state index in [1.165, 1.54) is 15.5 Å². The van der Waals surface area contributed by atoms with Crippen molar-refractivity contribution in [3.05, 3.63) is 59.2 Å². The number of nitrogens with one attached hydrogen (secondary N) is 1. The van der Waals surface area contributed by atoms with Crippen LogP contribution in [0.1, 0.15) is 28.4 Å². The molecule has 0 fully saturated rings. The van der Waals surface area contributed by atoms with Crippen LogP contribution in [0.25, 0.3) is 0 Å².